The largest absolute Gasteiger partial charge is 0.399 e. The van der Waals surface area contributed by atoms with Gasteiger partial charge >= 0.3 is 0 Å². The molecule has 18 heavy (non-hydrogen) atoms. The number of hydrogen-bond donors (Lipinski definition) is 2. The number of rotatable bonds is 1. The minimum atomic E-state index is 0.0293. The van der Waals surface area contributed by atoms with Crippen LogP contribution in [0, 0.1) is 5.92 Å². The Balaban J connectivity index is 2.15. The molecular formula is C14H21N3O. The molecule has 1 fully saturated rings. The predicted molar refractivity (Wildman–Crippen MR) is 74.2 cm³/mol. The third-order valence-electron chi connectivity index (χ3n) is 3.61. The molecular weight excluding hydrogens is 226 g/mol. The van der Waals surface area contributed by atoms with E-state index >= 15 is 0 Å². The molecule has 4 heteroatoms. The van der Waals surface area contributed by atoms with Gasteiger partial charge in [-0.1, -0.05) is 6.92 Å². The Kier molecular flexibility index (Phi) is 3.75. The SMILES string of the molecule is CC1CCCN(C(=O)c2ccc(N)cc2N)CC1. The van der Waals surface area contributed by atoms with Gasteiger partial charge < -0.3 is 16.4 Å². The van der Waals surface area contributed by atoms with Crippen LogP contribution in [0.25, 0.3) is 0 Å². The molecule has 1 aliphatic rings. The molecule has 0 aromatic heterocycles. The highest BCUT2D eigenvalue weighted by Gasteiger charge is 2.21. The first kappa shape index (κ1) is 12.7. The summed E-state index contributed by atoms with van der Waals surface area (Å²) in [6.45, 7) is 3.89. The van der Waals surface area contributed by atoms with E-state index < -0.39 is 0 Å². The summed E-state index contributed by atoms with van der Waals surface area (Å²) in [5, 5.41) is 0. The smallest absolute Gasteiger partial charge is 0.255 e. The Bertz CT molecular complexity index is 445. The molecule has 0 radical (unpaired) electrons. The van der Waals surface area contributed by atoms with Crippen LogP contribution < -0.4 is 11.5 Å². The molecule has 0 saturated carbocycles. The molecule has 0 bridgehead atoms. The van der Waals surface area contributed by atoms with Gasteiger partial charge in [-0.15, -0.1) is 0 Å². The third-order valence-corrected chi connectivity index (χ3v) is 3.61. The summed E-state index contributed by atoms with van der Waals surface area (Å²) >= 11 is 0. The monoisotopic (exact) mass is 247 g/mol. The zero-order valence-electron chi connectivity index (χ0n) is 10.9. The van der Waals surface area contributed by atoms with Crippen LogP contribution in [0.5, 0.6) is 0 Å². The summed E-state index contributed by atoms with van der Waals surface area (Å²) in [7, 11) is 0. The molecule has 0 aliphatic carbocycles. The van der Waals surface area contributed by atoms with Crippen LogP contribution in [-0.4, -0.2) is 23.9 Å². The van der Waals surface area contributed by atoms with Gasteiger partial charge in [-0.25, -0.2) is 0 Å². The normalized spacial score (nSPS) is 20.5. The van der Waals surface area contributed by atoms with Crippen molar-refractivity contribution in [2.45, 2.75) is 26.2 Å². The van der Waals surface area contributed by atoms with Gasteiger partial charge in [0.15, 0.2) is 0 Å². The number of carbonyl (C=O) groups is 1. The quantitative estimate of drug-likeness (QED) is 0.746. The van der Waals surface area contributed by atoms with E-state index in [0.717, 1.165) is 25.9 Å². The van der Waals surface area contributed by atoms with Gasteiger partial charge in [0.2, 0.25) is 0 Å². The molecule has 1 aromatic carbocycles. The van der Waals surface area contributed by atoms with Crippen molar-refractivity contribution in [1.29, 1.82) is 0 Å². The second kappa shape index (κ2) is 5.29. The van der Waals surface area contributed by atoms with Gasteiger partial charge in [-0.05, 0) is 43.4 Å². The van der Waals surface area contributed by atoms with Gasteiger partial charge in [0.25, 0.3) is 5.91 Å². The average molecular weight is 247 g/mol. The molecule has 1 unspecified atom stereocenters. The second-order valence-corrected chi connectivity index (χ2v) is 5.17. The highest BCUT2D eigenvalue weighted by molar-refractivity contribution is 5.99. The first-order valence-electron chi connectivity index (χ1n) is 6.52. The van der Waals surface area contributed by atoms with Crippen molar-refractivity contribution in [2.75, 3.05) is 24.6 Å². The van der Waals surface area contributed by atoms with Crippen molar-refractivity contribution >= 4 is 17.3 Å². The van der Waals surface area contributed by atoms with Crippen LogP contribution in [0.3, 0.4) is 0 Å². The Hall–Kier alpha value is -1.71. The van der Waals surface area contributed by atoms with Crippen molar-refractivity contribution in [3.63, 3.8) is 0 Å². The molecule has 0 spiro atoms. The van der Waals surface area contributed by atoms with E-state index in [2.05, 4.69) is 6.92 Å². The number of nitrogen functional groups attached to an aromatic ring is 2. The number of nitrogens with two attached hydrogens (primary N) is 2. The van der Waals surface area contributed by atoms with Crippen LogP contribution in [0.15, 0.2) is 18.2 Å². The maximum absolute atomic E-state index is 12.4. The Morgan fingerprint density at radius 3 is 2.78 bits per heavy atom. The lowest BCUT2D eigenvalue weighted by atomic mass is 10.0. The summed E-state index contributed by atoms with van der Waals surface area (Å²) in [5.74, 6) is 0.730. The van der Waals surface area contributed by atoms with E-state index in [1.54, 1.807) is 18.2 Å². The topological polar surface area (TPSA) is 72.3 Å². The zero-order chi connectivity index (χ0) is 13.1. The van der Waals surface area contributed by atoms with E-state index in [-0.39, 0.29) is 5.91 Å². The van der Waals surface area contributed by atoms with Crippen LogP contribution in [0.4, 0.5) is 11.4 Å². The van der Waals surface area contributed by atoms with Gasteiger partial charge in [-0.3, -0.25) is 4.79 Å². The minimum Gasteiger partial charge on any atom is -0.399 e. The third kappa shape index (κ3) is 2.75. The molecule has 98 valence electrons. The molecule has 1 amide bonds. The van der Waals surface area contributed by atoms with E-state index in [4.69, 9.17) is 11.5 Å². The summed E-state index contributed by atoms with van der Waals surface area (Å²) in [6, 6.07) is 5.10. The standard InChI is InChI=1S/C14H21N3O/c1-10-3-2-7-17(8-6-10)14(18)12-5-4-11(15)9-13(12)16/h4-5,9-10H,2-3,6-8,15-16H2,1H3. The number of anilines is 2. The van der Waals surface area contributed by atoms with Crippen molar-refractivity contribution in [3.05, 3.63) is 23.8 Å². The number of likely N-dealkylation sites (tertiary alicyclic amines) is 1. The van der Waals surface area contributed by atoms with E-state index in [1.807, 2.05) is 4.90 Å². The fourth-order valence-corrected chi connectivity index (χ4v) is 2.41. The van der Waals surface area contributed by atoms with Crippen LogP contribution in [0.1, 0.15) is 36.5 Å². The van der Waals surface area contributed by atoms with Crippen molar-refractivity contribution < 1.29 is 4.79 Å². The van der Waals surface area contributed by atoms with Crippen molar-refractivity contribution in [1.82, 2.24) is 4.90 Å². The fraction of sp³-hybridized carbons (Fsp3) is 0.500. The number of benzene rings is 1. The van der Waals surface area contributed by atoms with Crippen molar-refractivity contribution in [2.24, 2.45) is 5.92 Å². The summed E-state index contributed by atoms with van der Waals surface area (Å²) in [5.41, 5.74) is 13.1. The lowest BCUT2D eigenvalue weighted by molar-refractivity contribution is 0.0761. The lowest BCUT2D eigenvalue weighted by Gasteiger charge is -2.21. The van der Waals surface area contributed by atoms with E-state index in [9.17, 15) is 4.79 Å². The van der Waals surface area contributed by atoms with E-state index in [0.29, 0.717) is 22.9 Å². The van der Waals surface area contributed by atoms with Crippen LogP contribution in [0.2, 0.25) is 0 Å². The zero-order valence-corrected chi connectivity index (χ0v) is 10.9. The molecule has 1 aromatic rings. The molecule has 2 rings (SSSR count). The Labute approximate surface area is 108 Å². The molecule has 4 nitrogen and oxygen atoms in total. The first-order chi connectivity index (χ1) is 8.58. The second-order valence-electron chi connectivity index (χ2n) is 5.17. The van der Waals surface area contributed by atoms with Crippen LogP contribution >= 0.6 is 0 Å². The number of amides is 1. The maximum Gasteiger partial charge on any atom is 0.255 e. The molecule has 4 N–H and O–H groups in total. The molecule has 1 saturated heterocycles. The number of hydrogen-bond acceptors (Lipinski definition) is 3. The van der Waals surface area contributed by atoms with Crippen LogP contribution in [-0.2, 0) is 0 Å². The van der Waals surface area contributed by atoms with Crippen molar-refractivity contribution in [3.8, 4) is 0 Å². The van der Waals surface area contributed by atoms with Gasteiger partial charge in [0.1, 0.15) is 0 Å². The highest BCUT2D eigenvalue weighted by atomic mass is 16.2. The summed E-state index contributed by atoms with van der Waals surface area (Å²) in [4.78, 5) is 14.3. The highest BCUT2D eigenvalue weighted by Crippen LogP contribution is 2.21. The average Bonchev–Trinajstić information content (AvgIpc) is 2.53. The summed E-state index contributed by atoms with van der Waals surface area (Å²) in [6.07, 6.45) is 3.34. The lowest BCUT2D eigenvalue weighted by Crippen LogP contribution is -2.32. The molecule has 1 aliphatic heterocycles. The Morgan fingerprint density at radius 1 is 1.28 bits per heavy atom. The minimum absolute atomic E-state index is 0.0293. The maximum atomic E-state index is 12.4. The molecule has 1 atom stereocenters. The van der Waals surface area contributed by atoms with Gasteiger partial charge in [0.05, 0.1) is 5.56 Å². The van der Waals surface area contributed by atoms with E-state index in [1.165, 1.54) is 6.42 Å². The molecule has 1 heterocycles. The number of carbonyl (C=O) groups excluding carboxylic acids is 1. The number of nitrogens with zero attached hydrogens (tertiary/aromatic N) is 1. The Morgan fingerprint density at radius 2 is 2.06 bits per heavy atom. The summed E-state index contributed by atoms with van der Waals surface area (Å²) < 4.78 is 0. The predicted octanol–water partition coefficient (Wildman–Crippen LogP) is 2.11. The fourth-order valence-electron chi connectivity index (χ4n) is 2.41. The van der Waals surface area contributed by atoms with Gasteiger partial charge in [-0.2, -0.15) is 0 Å². The first-order valence-corrected chi connectivity index (χ1v) is 6.52. The van der Waals surface area contributed by atoms with Gasteiger partial charge in [0, 0.05) is 24.5 Å².